The summed E-state index contributed by atoms with van der Waals surface area (Å²) in [6.45, 7) is 6.68. The van der Waals surface area contributed by atoms with E-state index in [9.17, 15) is 18.0 Å². The number of morpholine rings is 1. The molecule has 1 fully saturated rings. The van der Waals surface area contributed by atoms with E-state index < -0.39 is 6.36 Å². The molecule has 2 aromatic carbocycles. The summed E-state index contributed by atoms with van der Waals surface area (Å²) >= 11 is 0. The van der Waals surface area contributed by atoms with Gasteiger partial charge in [-0.1, -0.05) is 29.5 Å². The lowest BCUT2D eigenvalue weighted by molar-refractivity contribution is -0.274. The average Bonchev–Trinajstić information content (AvgIpc) is 3.29. The number of hydrogen-bond donors (Lipinski definition) is 1. The second-order valence-electron chi connectivity index (χ2n) is 8.23. The molecule has 0 spiro atoms. The van der Waals surface area contributed by atoms with Crippen LogP contribution in [0.3, 0.4) is 0 Å². The van der Waals surface area contributed by atoms with Gasteiger partial charge in [-0.25, -0.2) is 4.68 Å². The van der Waals surface area contributed by atoms with Gasteiger partial charge in [0.05, 0.1) is 26.0 Å². The fourth-order valence-electron chi connectivity index (χ4n) is 3.77. The molecule has 0 radical (unpaired) electrons. The predicted molar refractivity (Wildman–Crippen MR) is 122 cm³/mol. The van der Waals surface area contributed by atoms with E-state index in [4.69, 9.17) is 4.74 Å². The highest BCUT2D eigenvalue weighted by atomic mass is 19.4. The van der Waals surface area contributed by atoms with Crippen LogP contribution in [0.2, 0.25) is 0 Å². The number of benzene rings is 2. The van der Waals surface area contributed by atoms with Crippen LogP contribution in [0.5, 0.6) is 5.75 Å². The van der Waals surface area contributed by atoms with Crippen molar-refractivity contribution >= 4 is 5.91 Å². The quantitative estimate of drug-likeness (QED) is 0.523. The Morgan fingerprint density at radius 2 is 1.89 bits per heavy atom. The average molecular weight is 489 g/mol. The van der Waals surface area contributed by atoms with E-state index in [0.29, 0.717) is 37.6 Å². The third-order valence-corrected chi connectivity index (χ3v) is 5.64. The first-order valence-electron chi connectivity index (χ1n) is 11.2. The second-order valence-corrected chi connectivity index (χ2v) is 8.23. The molecule has 2 heterocycles. The van der Waals surface area contributed by atoms with Crippen molar-refractivity contribution in [1.82, 2.24) is 25.2 Å². The third kappa shape index (κ3) is 7.03. The third-order valence-electron chi connectivity index (χ3n) is 5.64. The van der Waals surface area contributed by atoms with Gasteiger partial charge in [-0.05, 0) is 36.2 Å². The molecule has 1 aliphatic heterocycles. The van der Waals surface area contributed by atoms with Crippen molar-refractivity contribution in [3.63, 3.8) is 0 Å². The topological polar surface area (TPSA) is 81.5 Å². The minimum atomic E-state index is -4.73. The summed E-state index contributed by atoms with van der Waals surface area (Å²) in [4.78, 5) is 15.0. The van der Waals surface area contributed by atoms with Gasteiger partial charge in [0.25, 0.3) is 5.91 Å². The molecule has 35 heavy (non-hydrogen) atoms. The molecule has 1 aliphatic rings. The number of halogens is 3. The normalized spacial score (nSPS) is 14.6. The van der Waals surface area contributed by atoms with Crippen molar-refractivity contribution in [3.05, 3.63) is 65.4 Å². The Morgan fingerprint density at radius 3 is 2.60 bits per heavy atom. The highest BCUT2D eigenvalue weighted by Gasteiger charge is 2.30. The number of nitrogens with one attached hydrogen (secondary N) is 1. The maximum absolute atomic E-state index is 12.8. The number of amides is 1. The Bertz CT molecular complexity index is 1140. The zero-order chi connectivity index (χ0) is 24.8. The first kappa shape index (κ1) is 24.7. The van der Waals surface area contributed by atoms with Gasteiger partial charge in [0.15, 0.2) is 0 Å². The largest absolute Gasteiger partial charge is 0.573 e. The van der Waals surface area contributed by atoms with Crippen LogP contribution >= 0.6 is 0 Å². The van der Waals surface area contributed by atoms with Crippen LogP contribution in [-0.4, -0.2) is 71.6 Å². The van der Waals surface area contributed by atoms with Crippen LogP contribution in [0.15, 0.2) is 48.7 Å². The van der Waals surface area contributed by atoms with Crippen molar-refractivity contribution in [2.24, 2.45) is 0 Å². The van der Waals surface area contributed by atoms with Gasteiger partial charge in [-0.15, -0.1) is 18.3 Å². The summed E-state index contributed by atoms with van der Waals surface area (Å²) in [6, 6.07) is 11.1. The minimum Gasteiger partial charge on any atom is -0.406 e. The first-order chi connectivity index (χ1) is 16.8. The molecule has 0 saturated carbocycles. The fourth-order valence-corrected chi connectivity index (χ4v) is 3.77. The lowest BCUT2D eigenvalue weighted by Crippen LogP contribution is -2.41. The Morgan fingerprint density at radius 1 is 1.14 bits per heavy atom. The molecule has 186 valence electrons. The van der Waals surface area contributed by atoms with E-state index in [-0.39, 0.29) is 11.7 Å². The second kappa shape index (κ2) is 10.9. The van der Waals surface area contributed by atoms with Crippen LogP contribution in [0, 0.1) is 6.92 Å². The van der Waals surface area contributed by atoms with Crippen LogP contribution in [-0.2, 0) is 11.3 Å². The maximum atomic E-state index is 12.8. The molecule has 8 nitrogen and oxygen atoms in total. The molecule has 0 unspecified atom stereocenters. The summed E-state index contributed by atoms with van der Waals surface area (Å²) in [5.41, 5.74) is 3.49. The number of ether oxygens (including phenoxy) is 2. The summed E-state index contributed by atoms with van der Waals surface area (Å²) in [6.07, 6.45) is -3.00. The fraction of sp³-hybridized carbons (Fsp3) is 0.375. The highest BCUT2D eigenvalue weighted by molar-refractivity contribution is 5.96. The molecular weight excluding hydrogens is 463 g/mol. The molecule has 1 saturated heterocycles. The standard InChI is InChI=1S/C24H26F3N5O3/c1-17-2-5-19(14-21(17)23(33)28-8-9-31-10-12-34-13-11-31)22-16-32(30-29-22)15-18-3-6-20(7-4-18)35-24(25,26)27/h2-7,14,16H,8-13,15H2,1H3,(H,28,33). The monoisotopic (exact) mass is 489 g/mol. The van der Waals surface area contributed by atoms with E-state index in [0.717, 1.165) is 36.3 Å². The number of carbonyl (C=O) groups is 1. The van der Waals surface area contributed by atoms with Gasteiger partial charge in [0, 0.05) is 37.3 Å². The number of hydrogen-bond acceptors (Lipinski definition) is 6. The molecule has 1 amide bonds. The van der Waals surface area contributed by atoms with Crippen LogP contribution in [0.25, 0.3) is 11.3 Å². The Balaban J connectivity index is 1.37. The van der Waals surface area contributed by atoms with E-state index in [1.54, 1.807) is 16.9 Å². The number of carbonyl (C=O) groups excluding carboxylic acids is 1. The summed E-state index contributed by atoms with van der Waals surface area (Å²) in [7, 11) is 0. The molecule has 0 atom stereocenters. The molecular formula is C24H26F3N5O3. The van der Waals surface area contributed by atoms with Crippen molar-refractivity contribution in [2.75, 3.05) is 39.4 Å². The summed E-state index contributed by atoms with van der Waals surface area (Å²) in [5.74, 6) is -0.429. The lowest BCUT2D eigenvalue weighted by Gasteiger charge is -2.26. The van der Waals surface area contributed by atoms with Gasteiger partial charge in [-0.2, -0.15) is 0 Å². The number of nitrogens with zero attached hydrogens (tertiary/aromatic N) is 4. The maximum Gasteiger partial charge on any atom is 0.573 e. The van der Waals surface area contributed by atoms with Crippen LogP contribution in [0.4, 0.5) is 13.2 Å². The number of aryl methyl sites for hydroxylation is 1. The van der Waals surface area contributed by atoms with Crippen molar-refractivity contribution in [3.8, 4) is 17.0 Å². The van der Waals surface area contributed by atoms with Crippen LogP contribution in [0.1, 0.15) is 21.5 Å². The zero-order valence-corrected chi connectivity index (χ0v) is 19.2. The van der Waals surface area contributed by atoms with Crippen molar-refractivity contribution in [1.29, 1.82) is 0 Å². The Hall–Kier alpha value is -3.44. The molecule has 3 aromatic rings. The minimum absolute atomic E-state index is 0.147. The molecule has 11 heteroatoms. The zero-order valence-electron chi connectivity index (χ0n) is 19.2. The Labute approximate surface area is 200 Å². The van der Waals surface area contributed by atoms with Gasteiger partial charge < -0.3 is 14.8 Å². The number of aromatic nitrogens is 3. The first-order valence-corrected chi connectivity index (χ1v) is 11.2. The van der Waals surface area contributed by atoms with E-state index >= 15 is 0 Å². The molecule has 1 aromatic heterocycles. The molecule has 0 bridgehead atoms. The highest BCUT2D eigenvalue weighted by Crippen LogP contribution is 2.24. The predicted octanol–water partition coefficient (Wildman–Crippen LogP) is 3.26. The van der Waals surface area contributed by atoms with Gasteiger partial charge in [0.2, 0.25) is 0 Å². The summed E-state index contributed by atoms with van der Waals surface area (Å²) < 4.78 is 47.8. The van der Waals surface area contributed by atoms with E-state index in [1.165, 1.54) is 24.3 Å². The van der Waals surface area contributed by atoms with Crippen molar-refractivity contribution in [2.45, 2.75) is 19.8 Å². The van der Waals surface area contributed by atoms with Gasteiger partial charge in [0.1, 0.15) is 11.4 Å². The molecule has 4 rings (SSSR count). The van der Waals surface area contributed by atoms with Gasteiger partial charge >= 0.3 is 6.36 Å². The van der Waals surface area contributed by atoms with Gasteiger partial charge in [-0.3, -0.25) is 9.69 Å². The summed E-state index contributed by atoms with van der Waals surface area (Å²) in [5, 5.41) is 11.3. The lowest BCUT2D eigenvalue weighted by atomic mass is 10.0. The number of rotatable bonds is 8. The van der Waals surface area contributed by atoms with Crippen molar-refractivity contribution < 1.29 is 27.4 Å². The van der Waals surface area contributed by atoms with E-state index in [2.05, 4.69) is 25.3 Å². The SMILES string of the molecule is Cc1ccc(-c2cn(Cc3ccc(OC(F)(F)F)cc3)nn2)cc1C(=O)NCCN1CCOCC1. The van der Waals surface area contributed by atoms with E-state index in [1.807, 2.05) is 19.1 Å². The van der Waals surface area contributed by atoms with Crippen LogP contribution < -0.4 is 10.1 Å². The Kier molecular flexibility index (Phi) is 7.67. The number of alkyl halides is 3. The molecule has 1 N–H and O–H groups in total. The smallest absolute Gasteiger partial charge is 0.406 e. The molecule has 0 aliphatic carbocycles.